The fourth-order valence-corrected chi connectivity index (χ4v) is 2.74. The first-order chi connectivity index (χ1) is 10.5. The summed E-state index contributed by atoms with van der Waals surface area (Å²) in [5, 5.41) is 14.0. The van der Waals surface area contributed by atoms with Gasteiger partial charge in [0, 0.05) is 34.2 Å². The van der Waals surface area contributed by atoms with Crippen LogP contribution in [0.5, 0.6) is 0 Å². The summed E-state index contributed by atoms with van der Waals surface area (Å²) in [6.07, 6.45) is 1.98. The molecule has 1 N–H and O–H groups in total. The normalized spacial score (nSPS) is 10.8. The molecule has 0 spiro atoms. The van der Waals surface area contributed by atoms with Gasteiger partial charge >= 0.3 is 0 Å². The number of hydrogen-bond donors (Lipinski definition) is 1. The number of nitro groups is 1. The number of fused-ring (bicyclic) bond motifs is 1. The van der Waals surface area contributed by atoms with Gasteiger partial charge in [0.25, 0.3) is 5.69 Å². The number of nitrogens with one attached hydrogen (secondary N) is 1. The first-order valence-corrected chi connectivity index (χ1v) is 7.45. The smallest absolute Gasteiger partial charge is 0.270 e. The van der Waals surface area contributed by atoms with Gasteiger partial charge in [0.05, 0.1) is 17.2 Å². The Hall–Kier alpha value is -2.41. The lowest BCUT2D eigenvalue weighted by Gasteiger charge is -2.06. The summed E-state index contributed by atoms with van der Waals surface area (Å²) in [5.41, 5.74) is 3.77. The Morgan fingerprint density at radius 3 is 2.86 bits per heavy atom. The summed E-state index contributed by atoms with van der Waals surface area (Å²) in [6, 6.07) is 10.6. The fourth-order valence-electron chi connectivity index (χ4n) is 2.23. The summed E-state index contributed by atoms with van der Waals surface area (Å²) in [6.45, 7) is 2.57. The van der Waals surface area contributed by atoms with Crippen molar-refractivity contribution in [1.82, 2.24) is 9.38 Å². The van der Waals surface area contributed by atoms with E-state index in [9.17, 15) is 10.1 Å². The Morgan fingerprint density at radius 1 is 1.36 bits per heavy atom. The number of benzene rings is 1. The molecule has 0 atom stereocenters. The zero-order valence-electron chi connectivity index (χ0n) is 11.8. The highest BCUT2D eigenvalue weighted by Crippen LogP contribution is 2.27. The van der Waals surface area contributed by atoms with Gasteiger partial charge in [-0.15, -0.1) is 0 Å². The third-order valence-corrected chi connectivity index (χ3v) is 4.03. The molecule has 6 nitrogen and oxygen atoms in total. The highest BCUT2D eigenvalue weighted by atomic mass is 79.9. The van der Waals surface area contributed by atoms with Crippen molar-refractivity contribution in [3.63, 3.8) is 0 Å². The van der Waals surface area contributed by atoms with E-state index in [1.807, 2.05) is 35.7 Å². The van der Waals surface area contributed by atoms with Crippen LogP contribution in [-0.2, 0) is 6.54 Å². The summed E-state index contributed by atoms with van der Waals surface area (Å²) >= 11 is 3.34. The number of rotatable bonds is 4. The van der Waals surface area contributed by atoms with Gasteiger partial charge in [0.15, 0.2) is 0 Å². The van der Waals surface area contributed by atoms with E-state index < -0.39 is 4.92 Å². The van der Waals surface area contributed by atoms with E-state index in [-0.39, 0.29) is 5.69 Å². The predicted molar refractivity (Wildman–Crippen MR) is 88.1 cm³/mol. The molecule has 0 saturated carbocycles. The number of non-ortho nitro benzene ring substituents is 1. The maximum atomic E-state index is 10.7. The van der Waals surface area contributed by atoms with Gasteiger partial charge in [0.1, 0.15) is 5.65 Å². The lowest BCUT2D eigenvalue weighted by molar-refractivity contribution is -0.384. The van der Waals surface area contributed by atoms with E-state index >= 15 is 0 Å². The van der Waals surface area contributed by atoms with E-state index in [0.717, 1.165) is 22.7 Å². The van der Waals surface area contributed by atoms with Crippen LogP contribution < -0.4 is 5.32 Å². The van der Waals surface area contributed by atoms with E-state index in [1.54, 1.807) is 6.07 Å². The maximum Gasteiger partial charge on any atom is 0.270 e. The van der Waals surface area contributed by atoms with Crippen molar-refractivity contribution in [2.45, 2.75) is 13.5 Å². The zero-order chi connectivity index (χ0) is 15.7. The summed E-state index contributed by atoms with van der Waals surface area (Å²) in [4.78, 5) is 14.9. The van der Waals surface area contributed by atoms with Gasteiger partial charge in [-0.05, 0) is 41.1 Å². The van der Waals surface area contributed by atoms with Crippen LogP contribution in [0, 0.1) is 17.0 Å². The molecule has 7 heteroatoms. The van der Waals surface area contributed by atoms with Gasteiger partial charge in [-0.2, -0.15) is 0 Å². The van der Waals surface area contributed by atoms with E-state index in [0.29, 0.717) is 11.0 Å². The molecule has 22 heavy (non-hydrogen) atoms. The molecule has 0 aliphatic heterocycles. The monoisotopic (exact) mass is 360 g/mol. The number of halogens is 1. The highest BCUT2D eigenvalue weighted by Gasteiger charge is 2.09. The van der Waals surface area contributed by atoms with Crippen LogP contribution in [0.3, 0.4) is 0 Å². The van der Waals surface area contributed by atoms with Crippen molar-refractivity contribution in [2.75, 3.05) is 5.32 Å². The lowest BCUT2D eigenvalue weighted by Crippen LogP contribution is -2.00. The van der Waals surface area contributed by atoms with Gasteiger partial charge in [-0.1, -0.05) is 6.07 Å². The number of pyridine rings is 1. The van der Waals surface area contributed by atoms with Crippen LogP contribution in [0.1, 0.15) is 11.4 Å². The van der Waals surface area contributed by atoms with Gasteiger partial charge in [0.2, 0.25) is 0 Å². The first-order valence-electron chi connectivity index (χ1n) is 6.66. The minimum Gasteiger partial charge on any atom is -0.378 e. The molecule has 0 bridgehead atoms. The van der Waals surface area contributed by atoms with Crippen LogP contribution in [0.2, 0.25) is 0 Å². The molecule has 0 unspecified atom stereocenters. The summed E-state index contributed by atoms with van der Waals surface area (Å²) < 4.78 is 2.68. The number of anilines is 1. The maximum absolute atomic E-state index is 10.7. The molecule has 3 rings (SSSR count). The average Bonchev–Trinajstić information content (AvgIpc) is 2.90. The molecule has 0 aliphatic carbocycles. The summed E-state index contributed by atoms with van der Waals surface area (Å²) in [7, 11) is 0. The SMILES string of the molecule is Cc1cccc2nc(CNc3ccc([N+](=O)[O-])cc3Br)cn12. The molecular formula is C15H13BrN4O2. The predicted octanol–water partition coefficient (Wildman–Crippen LogP) is 3.93. The molecule has 0 aliphatic rings. The third-order valence-electron chi connectivity index (χ3n) is 3.37. The van der Waals surface area contributed by atoms with Gasteiger partial charge in [-0.25, -0.2) is 4.98 Å². The van der Waals surface area contributed by atoms with Crippen molar-refractivity contribution in [2.24, 2.45) is 0 Å². The number of hydrogen-bond acceptors (Lipinski definition) is 4. The second kappa shape index (κ2) is 5.76. The number of imidazole rings is 1. The van der Waals surface area contributed by atoms with Crippen molar-refractivity contribution < 1.29 is 4.92 Å². The topological polar surface area (TPSA) is 72.5 Å². The molecule has 3 aromatic rings. The molecule has 112 valence electrons. The van der Waals surface area contributed by atoms with Crippen LogP contribution in [-0.4, -0.2) is 14.3 Å². The fraction of sp³-hybridized carbons (Fsp3) is 0.133. The Morgan fingerprint density at radius 2 is 2.18 bits per heavy atom. The van der Waals surface area contributed by atoms with E-state index in [2.05, 4.69) is 26.2 Å². The third kappa shape index (κ3) is 2.80. The second-order valence-electron chi connectivity index (χ2n) is 4.90. The average molecular weight is 361 g/mol. The number of nitro benzene ring substituents is 1. The molecular weight excluding hydrogens is 348 g/mol. The minimum absolute atomic E-state index is 0.0563. The van der Waals surface area contributed by atoms with Crippen LogP contribution >= 0.6 is 15.9 Å². The minimum atomic E-state index is -0.417. The molecule has 1 aromatic carbocycles. The lowest BCUT2D eigenvalue weighted by atomic mass is 10.3. The Bertz CT molecular complexity index is 860. The number of aryl methyl sites for hydroxylation is 1. The Labute approximate surface area is 135 Å². The largest absolute Gasteiger partial charge is 0.378 e. The van der Waals surface area contributed by atoms with Crippen molar-refractivity contribution in [3.05, 3.63) is 68.6 Å². The van der Waals surface area contributed by atoms with E-state index in [4.69, 9.17) is 0 Å². The highest BCUT2D eigenvalue weighted by molar-refractivity contribution is 9.10. The van der Waals surface area contributed by atoms with Crippen molar-refractivity contribution >= 4 is 33.0 Å². The number of aromatic nitrogens is 2. The van der Waals surface area contributed by atoms with Crippen molar-refractivity contribution in [3.8, 4) is 0 Å². The van der Waals surface area contributed by atoms with Crippen molar-refractivity contribution in [1.29, 1.82) is 0 Å². The Kier molecular flexibility index (Phi) is 3.81. The first kappa shape index (κ1) is 14.5. The Balaban J connectivity index is 1.79. The number of nitrogens with zero attached hydrogens (tertiary/aromatic N) is 3. The molecule has 2 aromatic heterocycles. The zero-order valence-corrected chi connectivity index (χ0v) is 13.4. The van der Waals surface area contributed by atoms with Gasteiger partial charge < -0.3 is 9.72 Å². The molecule has 0 amide bonds. The molecule has 0 radical (unpaired) electrons. The molecule has 0 fully saturated rings. The van der Waals surface area contributed by atoms with Crippen LogP contribution in [0.25, 0.3) is 5.65 Å². The van der Waals surface area contributed by atoms with Crippen LogP contribution in [0.15, 0.2) is 47.1 Å². The summed E-state index contributed by atoms with van der Waals surface area (Å²) in [5.74, 6) is 0. The standard InChI is InChI=1S/C15H13BrN4O2/c1-10-3-2-4-15-18-11(9-19(10)15)8-17-14-6-5-12(20(21)22)7-13(14)16/h2-7,9,17H,8H2,1H3. The molecule has 0 saturated heterocycles. The van der Waals surface area contributed by atoms with Gasteiger partial charge in [-0.3, -0.25) is 10.1 Å². The van der Waals surface area contributed by atoms with E-state index in [1.165, 1.54) is 12.1 Å². The molecule has 2 heterocycles. The van der Waals surface area contributed by atoms with Crippen LogP contribution in [0.4, 0.5) is 11.4 Å². The second-order valence-corrected chi connectivity index (χ2v) is 5.76. The quantitative estimate of drug-likeness (QED) is 0.565.